The Kier molecular flexibility index (Phi) is 1.94. The molecule has 5 heteroatoms. The molecule has 1 aromatic rings. The molecule has 0 N–H and O–H groups in total. The second-order valence-electron chi connectivity index (χ2n) is 1.91. The molecule has 0 radical (unpaired) electrons. The fraction of sp³-hybridized carbons (Fsp3) is 0.167. The Labute approximate surface area is 62.3 Å². The van der Waals surface area contributed by atoms with Crippen LogP contribution in [0, 0.1) is 6.92 Å². The number of hydrogen-bond acceptors (Lipinski definition) is 3. The van der Waals surface area contributed by atoms with Crippen LogP contribution in [0.2, 0.25) is 0 Å². The summed E-state index contributed by atoms with van der Waals surface area (Å²) >= 11 is 0. The summed E-state index contributed by atoms with van der Waals surface area (Å²) in [6.07, 6.45) is 0.511. The van der Waals surface area contributed by atoms with E-state index in [0.717, 1.165) is 0 Å². The molecule has 1 aromatic heterocycles. The van der Waals surface area contributed by atoms with Crippen molar-refractivity contribution in [1.29, 1.82) is 0 Å². The minimum atomic E-state index is 0.0697. The summed E-state index contributed by atoms with van der Waals surface area (Å²) in [5.74, 6) is 0.620. The molecule has 0 bridgehead atoms. The SMILES string of the molecule is Cc1cc(N=[N+]=[N-])c(C=O)o1. The zero-order chi connectivity index (χ0) is 8.27. The fourth-order valence-corrected chi connectivity index (χ4v) is 0.730. The van der Waals surface area contributed by atoms with Gasteiger partial charge in [-0.25, -0.2) is 0 Å². The lowest BCUT2D eigenvalue weighted by Crippen LogP contribution is -1.70. The van der Waals surface area contributed by atoms with E-state index < -0.39 is 0 Å². The third-order valence-electron chi connectivity index (χ3n) is 1.12. The summed E-state index contributed by atoms with van der Waals surface area (Å²) in [6, 6.07) is 1.50. The largest absolute Gasteiger partial charge is 0.458 e. The first-order chi connectivity index (χ1) is 5.27. The Morgan fingerprint density at radius 2 is 2.55 bits per heavy atom. The minimum absolute atomic E-state index is 0.0697. The van der Waals surface area contributed by atoms with Crippen LogP contribution in [0.3, 0.4) is 0 Å². The van der Waals surface area contributed by atoms with E-state index in [1.54, 1.807) is 6.92 Å². The first-order valence-electron chi connectivity index (χ1n) is 2.88. The van der Waals surface area contributed by atoms with Crippen LogP contribution in [0.15, 0.2) is 15.6 Å². The van der Waals surface area contributed by atoms with Crippen molar-refractivity contribution in [3.05, 3.63) is 28.0 Å². The average molecular weight is 151 g/mol. The van der Waals surface area contributed by atoms with Crippen LogP contribution in [0.25, 0.3) is 10.4 Å². The van der Waals surface area contributed by atoms with Crippen LogP contribution >= 0.6 is 0 Å². The monoisotopic (exact) mass is 151 g/mol. The topological polar surface area (TPSA) is 79.0 Å². The van der Waals surface area contributed by atoms with Crippen LogP contribution in [-0.4, -0.2) is 6.29 Å². The maximum Gasteiger partial charge on any atom is 0.185 e. The molecule has 0 amide bonds. The van der Waals surface area contributed by atoms with Crippen molar-refractivity contribution in [2.24, 2.45) is 5.11 Å². The van der Waals surface area contributed by atoms with Crippen molar-refractivity contribution >= 4 is 12.0 Å². The number of aryl methyl sites for hydroxylation is 1. The molecule has 56 valence electrons. The van der Waals surface area contributed by atoms with Gasteiger partial charge in [-0.1, -0.05) is 5.11 Å². The molecule has 0 aromatic carbocycles. The second-order valence-corrected chi connectivity index (χ2v) is 1.91. The minimum Gasteiger partial charge on any atom is -0.458 e. The lowest BCUT2D eigenvalue weighted by molar-refractivity contribution is 0.110. The molecular weight excluding hydrogens is 146 g/mol. The first kappa shape index (κ1) is 7.37. The van der Waals surface area contributed by atoms with Gasteiger partial charge >= 0.3 is 0 Å². The van der Waals surface area contributed by atoms with Gasteiger partial charge in [-0.05, 0) is 18.5 Å². The van der Waals surface area contributed by atoms with Gasteiger partial charge in [0.25, 0.3) is 0 Å². The van der Waals surface area contributed by atoms with E-state index in [2.05, 4.69) is 10.0 Å². The molecule has 0 aliphatic carbocycles. The van der Waals surface area contributed by atoms with Crippen LogP contribution in [-0.2, 0) is 0 Å². The van der Waals surface area contributed by atoms with Gasteiger partial charge in [0.05, 0.1) is 5.69 Å². The molecule has 0 unspecified atom stereocenters. The van der Waals surface area contributed by atoms with Gasteiger partial charge in [-0.2, -0.15) is 0 Å². The summed E-state index contributed by atoms with van der Waals surface area (Å²) in [7, 11) is 0. The first-order valence-corrected chi connectivity index (χ1v) is 2.88. The van der Waals surface area contributed by atoms with E-state index in [1.807, 2.05) is 0 Å². The standard InChI is InChI=1S/C6H5N3O2/c1-4-2-5(8-9-7)6(3-10)11-4/h2-3H,1H3. The Morgan fingerprint density at radius 1 is 1.82 bits per heavy atom. The van der Waals surface area contributed by atoms with Gasteiger partial charge in [0.2, 0.25) is 0 Å². The van der Waals surface area contributed by atoms with E-state index in [0.29, 0.717) is 12.0 Å². The summed E-state index contributed by atoms with van der Waals surface area (Å²) < 4.78 is 4.88. The molecular formula is C6H5N3O2. The maximum absolute atomic E-state index is 10.2. The lowest BCUT2D eigenvalue weighted by Gasteiger charge is -1.80. The van der Waals surface area contributed by atoms with E-state index in [4.69, 9.17) is 9.95 Å². The van der Waals surface area contributed by atoms with Crippen molar-refractivity contribution in [3.63, 3.8) is 0 Å². The Hall–Kier alpha value is -1.74. The van der Waals surface area contributed by atoms with E-state index in [9.17, 15) is 4.79 Å². The third kappa shape index (κ3) is 1.39. The maximum atomic E-state index is 10.2. The number of furan rings is 1. The van der Waals surface area contributed by atoms with Crippen LogP contribution in [0.4, 0.5) is 5.69 Å². The third-order valence-corrected chi connectivity index (χ3v) is 1.12. The number of carbonyl (C=O) groups is 1. The van der Waals surface area contributed by atoms with Gasteiger partial charge < -0.3 is 4.42 Å². The van der Waals surface area contributed by atoms with Gasteiger partial charge in [-0.15, -0.1) is 0 Å². The molecule has 0 spiro atoms. The number of nitrogens with zero attached hydrogens (tertiary/aromatic N) is 3. The predicted molar refractivity (Wildman–Crippen MR) is 37.6 cm³/mol. The van der Waals surface area contributed by atoms with Crippen LogP contribution < -0.4 is 0 Å². The highest BCUT2D eigenvalue weighted by atomic mass is 16.3. The van der Waals surface area contributed by atoms with E-state index in [1.165, 1.54) is 6.07 Å². The Morgan fingerprint density at radius 3 is 3.09 bits per heavy atom. The number of hydrogen-bond donors (Lipinski definition) is 0. The quantitative estimate of drug-likeness (QED) is 0.281. The summed E-state index contributed by atoms with van der Waals surface area (Å²) in [4.78, 5) is 12.8. The highest BCUT2D eigenvalue weighted by molar-refractivity contribution is 5.78. The number of rotatable bonds is 2. The predicted octanol–water partition coefficient (Wildman–Crippen LogP) is 2.34. The number of carbonyl (C=O) groups excluding carboxylic acids is 1. The van der Waals surface area contributed by atoms with E-state index >= 15 is 0 Å². The van der Waals surface area contributed by atoms with Crippen molar-refractivity contribution < 1.29 is 9.21 Å². The van der Waals surface area contributed by atoms with Gasteiger partial charge in [-0.3, -0.25) is 4.79 Å². The van der Waals surface area contributed by atoms with Gasteiger partial charge in [0.15, 0.2) is 12.0 Å². The summed E-state index contributed by atoms with van der Waals surface area (Å²) in [6.45, 7) is 1.67. The molecule has 0 aliphatic heterocycles. The lowest BCUT2D eigenvalue weighted by atomic mass is 10.4. The summed E-state index contributed by atoms with van der Waals surface area (Å²) in [5.41, 5.74) is 8.29. The van der Waals surface area contributed by atoms with Crippen molar-refractivity contribution in [3.8, 4) is 0 Å². The van der Waals surface area contributed by atoms with Crippen molar-refractivity contribution in [2.75, 3.05) is 0 Å². The van der Waals surface area contributed by atoms with Crippen LogP contribution in [0.1, 0.15) is 16.3 Å². The number of azide groups is 1. The van der Waals surface area contributed by atoms with Gasteiger partial charge in [0.1, 0.15) is 5.76 Å². The van der Waals surface area contributed by atoms with Gasteiger partial charge in [0, 0.05) is 4.91 Å². The molecule has 1 heterocycles. The average Bonchev–Trinajstić information content (AvgIpc) is 2.32. The molecule has 0 atom stereocenters. The smallest absolute Gasteiger partial charge is 0.185 e. The van der Waals surface area contributed by atoms with Crippen molar-refractivity contribution in [1.82, 2.24) is 0 Å². The number of aldehydes is 1. The van der Waals surface area contributed by atoms with Crippen molar-refractivity contribution in [2.45, 2.75) is 6.92 Å². The Balaban J connectivity index is 3.21. The molecule has 0 aliphatic rings. The highest BCUT2D eigenvalue weighted by Gasteiger charge is 2.04. The zero-order valence-electron chi connectivity index (χ0n) is 5.81. The fourth-order valence-electron chi connectivity index (χ4n) is 0.730. The van der Waals surface area contributed by atoms with Crippen LogP contribution in [0.5, 0.6) is 0 Å². The molecule has 0 saturated carbocycles. The Bertz CT molecular complexity index is 323. The molecule has 1 rings (SSSR count). The second kappa shape index (κ2) is 2.90. The highest BCUT2D eigenvalue weighted by Crippen LogP contribution is 2.21. The molecule has 5 nitrogen and oxygen atoms in total. The zero-order valence-corrected chi connectivity index (χ0v) is 5.81. The molecule has 0 fully saturated rings. The normalized spacial score (nSPS) is 8.82. The van der Waals surface area contributed by atoms with E-state index in [-0.39, 0.29) is 11.4 Å². The molecule has 11 heavy (non-hydrogen) atoms. The molecule has 0 saturated heterocycles. The summed E-state index contributed by atoms with van der Waals surface area (Å²) in [5, 5.41) is 3.25.